The molecule has 0 bridgehead atoms. The van der Waals surface area contributed by atoms with Crippen LogP contribution in [0, 0.1) is 0 Å². The quantitative estimate of drug-likeness (QED) is 0.567. The molecule has 0 unspecified atom stereocenters. The number of hydrogen-bond donors (Lipinski definition) is 0. The molecule has 1 aromatic carbocycles. The molecule has 0 radical (unpaired) electrons. The summed E-state index contributed by atoms with van der Waals surface area (Å²) in [5.74, 6) is 0.192. The SMILES string of the molecule is CSC(CC(=O)/C=C/c1ccccc1)SC. The summed E-state index contributed by atoms with van der Waals surface area (Å²) in [4.78, 5) is 11.6. The van der Waals surface area contributed by atoms with Crippen LogP contribution in [-0.2, 0) is 4.79 Å². The van der Waals surface area contributed by atoms with Crippen LogP contribution in [-0.4, -0.2) is 22.9 Å². The smallest absolute Gasteiger partial charge is 0.157 e. The van der Waals surface area contributed by atoms with Crippen molar-refractivity contribution in [2.45, 2.75) is 11.0 Å². The zero-order valence-electron chi connectivity index (χ0n) is 9.55. The highest BCUT2D eigenvalue weighted by Crippen LogP contribution is 2.22. The van der Waals surface area contributed by atoms with Crippen molar-refractivity contribution in [3.63, 3.8) is 0 Å². The maximum atomic E-state index is 11.6. The number of hydrogen-bond acceptors (Lipinski definition) is 3. The summed E-state index contributed by atoms with van der Waals surface area (Å²) < 4.78 is 0.368. The Morgan fingerprint density at radius 1 is 1.25 bits per heavy atom. The van der Waals surface area contributed by atoms with Gasteiger partial charge in [-0.2, -0.15) is 23.5 Å². The summed E-state index contributed by atoms with van der Waals surface area (Å²) in [6.07, 6.45) is 8.23. The second kappa shape index (κ2) is 7.58. The molecule has 0 N–H and O–H groups in total. The minimum Gasteiger partial charge on any atom is -0.295 e. The molecule has 1 rings (SSSR count). The third-order valence-electron chi connectivity index (χ3n) is 2.15. The van der Waals surface area contributed by atoms with E-state index in [4.69, 9.17) is 0 Å². The van der Waals surface area contributed by atoms with Crippen LogP contribution in [0.1, 0.15) is 12.0 Å². The lowest BCUT2D eigenvalue weighted by Crippen LogP contribution is -2.03. The second-order valence-corrected chi connectivity index (χ2v) is 5.69. The summed E-state index contributed by atoms with van der Waals surface area (Å²) in [5.41, 5.74) is 1.07. The van der Waals surface area contributed by atoms with E-state index in [1.54, 1.807) is 29.6 Å². The van der Waals surface area contributed by atoms with E-state index in [0.717, 1.165) is 5.56 Å². The van der Waals surface area contributed by atoms with E-state index >= 15 is 0 Å². The van der Waals surface area contributed by atoms with Crippen LogP contribution < -0.4 is 0 Å². The average molecular weight is 252 g/mol. The Morgan fingerprint density at radius 3 is 2.44 bits per heavy atom. The minimum atomic E-state index is 0.192. The van der Waals surface area contributed by atoms with Gasteiger partial charge in [0.15, 0.2) is 5.78 Å². The number of allylic oxidation sites excluding steroid dienone is 1. The van der Waals surface area contributed by atoms with Crippen LogP contribution in [0.5, 0.6) is 0 Å². The first-order valence-corrected chi connectivity index (χ1v) is 7.65. The van der Waals surface area contributed by atoms with Gasteiger partial charge in [0.1, 0.15) is 0 Å². The summed E-state index contributed by atoms with van der Waals surface area (Å²) >= 11 is 3.46. The van der Waals surface area contributed by atoms with Crippen LogP contribution in [0.15, 0.2) is 36.4 Å². The van der Waals surface area contributed by atoms with E-state index in [9.17, 15) is 4.79 Å². The molecule has 0 atom stereocenters. The van der Waals surface area contributed by atoms with Crippen LogP contribution in [0.25, 0.3) is 6.08 Å². The monoisotopic (exact) mass is 252 g/mol. The Morgan fingerprint density at radius 2 is 1.88 bits per heavy atom. The van der Waals surface area contributed by atoms with Crippen molar-refractivity contribution in [1.82, 2.24) is 0 Å². The molecule has 86 valence electrons. The number of carbonyl (C=O) groups is 1. The van der Waals surface area contributed by atoms with Crippen molar-refractivity contribution in [1.29, 1.82) is 0 Å². The van der Waals surface area contributed by atoms with Crippen molar-refractivity contribution in [2.75, 3.05) is 12.5 Å². The third-order valence-corrected chi connectivity index (χ3v) is 4.69. The van der Waals surface area contributed by atoms with Gasteiger partial charge in [-0.1, -0.05) is 36.4 Å². The van der Waals surface area contributed by atoms with E-state index < -0.39 is 0 Å². The molecular weight excluding hydrogens is 236 g/mol. The summed E-state index contributed by atoms with van der Waals surface area (Å²) in [5, 5.41) is 0. The normalized spacial score (nSPS) is 11.2. The maximum Gasteiger partial charge on any atom is 0.157 e. The van der Waals surface area contributed by atoms with Crippen molar-refractivity contribution < 1.29 is 4.79 Å². The topological polar surface area (TPSA) is 17.1 Å². The average Bonchev–Trinajstić information content (AvgIpc) is 2.34. The highest BCUT2D eigenvalue weighted by atomic mass is 32.2. The molecule has 0 fully saturated rings. The van der Waals surface area contributed by atoms with E-state index in [2.05, 4.69) is 0 Å². The first-order valence-electron chi connectivity index (χ1n) is 5.08. The van der Waals surface area contributed by atoms with Gasteiger partial charge in [0.2, 0.25) is 0 Å². The molecule has 16 heavy (non-hydrogen) atoms. The Hall–Kier alpha value is -0.670. The lowest BCUT2D eigenvalue weighted by atomic mass is 10.2. The van der Waals surface area contributed by atoms with E-state index in [1.807, 2.05) is 48.9 Å². The van der Waals surface area contributed by atoms with Crippen LogP contribution in [0.3, 0.4) is 0 Å². The molecule has 0 spiro atoms. The minimum absolute atomic E-state index is 0.192. The van der Waals surface area contributed by atoms with Gasteiger partial charge in [-0.3, -0.25) is 4.79 Å². The standard InChI is InChI=1S/C13H16OS2/c1-15-13(16-2)10-12(14)9-8-11-6-4-3-5-7-11/h3-9,13H,10H2,1-2H3/b9-8+. The van der Waals surface area contributed by atoms with Gasteiger partial charge < -0.3 is 0 Å². The third kappa shape index (κ3) is 4.90. The van der Waals surface area contributed by atoms with Crippen molar-refractivity contribution in [3.8, 4) is 0 Å². The van der Waals surface area contributed by atoms with Gasteiger partial charge in [-0.15, -0.1) is 0 Å². The number of ketones is 1. The molecule has 0 aliphatic heterocycles. The Labute approximate surface area is 106 Å². The summed E-state index contributed by atoms with van der Waals surface area (Å²) in [6, 6.07) is 9.89. The fourth-order valence-corrected chi connectivity index (χ4v) is 2.68. The largest absolute Gasteiger partial charge is 0.295 e. The number of carbonyl (C=O) groups excluding carboxylic acids is 1. The van der Waals surface area contributed by atoms with Gasteiger partial charge in [0.05, 0.1) is 4.58 Å². The second-order valence-electron chi connectivity index (χ2n) is 3.32. The first kappa shape index (κ1) is 13.4. The van der Waals surface area contributed by atoms with Gasteiger partial charge in [-0.05, 0) is 24.2 Å². The zero-order chi connectivity index (χ0) is 11.8. The summed E-state index contributed by atoms with van der Waals surface area (Å²) in [7, 11) is 0. The number of rotatable bonds is 6. The van der Waals surface area contributed by atoms with Crippen molar-refractivity contribution in [2.24, 2.45) is 0 Å². The van der Waals surface area contributed by atoms with Gasteiger partial charge >= 0.3 is 0 Å². The molecule has 0 aliphatic rings. The lowest BCUT2D eigenvalue weighted by Gasteiger charge is -2.07. The highest BCUT2D eigenvalue weighted by Gasteiger charge is 2.08. The van der Waals surface area contributed by atoms with Gasteiger partial charge in [-0.25, -0.2) is 0 Å². The molecule has 0 saturated heterocycles. The number of thioether (sulfide) groups is 2. The molecular formula is C13H16OS2. The summed E-state index contributed by atoms with van der Waals surface area (Å²) in [6.45, 7) is 0. The fraction of sp³-hybridized carbons (Fsp3) is 0.308. The van der Waals surface area contributed by atoms with Gasteiger partial charge in [0.25, 0.3) is 0 Å². The molecule has 1 nitrogen and oxygen atoms in total. The van der Waals surface area contributed by atoms with E-state index in [0.29, 0.717) is 11.0 Å². The highest BCUT2D eigenvalue weighted by molar-refractivity contribution is 8.16. The number of benzene rings is 1. The van der Waals surface area contributed by atoms with E-state index in [-0.39, 0.29) is 5.78 Å². The molecule has 3 heteroatoms. The van der Waals surface area contributed by atoms with E-state index in [1.165, 1.54) is 0 Å². The molecule has 0 aromatic heterocycles. The lowest BCUT2D eigenvalue weighted by molar-refractivity contribution is -0.114. The van der Waals surface area contributed by atoms with Crippen LogP contribution in [0.4, 0.5) is 0 Å². The molecule has 0 heterocycles. The zero-order valence-corrected chi connectivity index (χ0v) is 11.2. The molecule has 0 saturated carbocycles. The van der Waals surface area contributed by atoms with Crippen LogP contribution in [0.2, 0.25) is 0 Å². The predicted molar refractivity (Wildman–Crippen MR) is 75.9 cm³/mol. The Bertz CT molecular complexity index is 342. The Kier molecular flexibility index (Phi) is 6.34. The first-order chi connectivity index (χ1) is 7.76. The van der Waals surface area contributed by atoms with Crippen LogP contribution >= 0.6 is 23.5 Å². The van der Waals surface area contributed by atoms with Crippen molar-refractivity contribution in [3.05, 3.63) is 42.0 Å². The maximum absolute atomic E-state index is 11.6. The van der Waals surface area contributed by atoms with Crippen molar-refractivity contribution >= 4 is 35.4 Å². The fourth-order valence-electron chi connectivity index (χ4n) is 1.25. The predicted octanol–water partition coefficient (Wildman–Crippen LogP) is 3.71. The molecule has 0 amide bonds. The molecule has 1 aromatic rings. The van der Waals surface area contributed by atoms with Gasteiger partial charge in [0, 0.05) is 6.42 Å². The molecule has 0 aliphatic carbocycles. The Balaban J connectivity index is 2.48.